The molecule has 1 amide bonds. The molecule has 0 saturated heterocycles. The maximum Gasteiger partial charge on any atom is 0.471 e. The molecule has 0 saturated carbocycles. The zero-order chi connectivity index (χ0) is 28.8. The minimum absolute atomic E-state index is 0.0808. The average Bonchev–Trinajstić information content (AvgIpc) is 3.34. The fourth-order valence-corrected chi connectivity index (χ4v) is 5.78. The molecule has 3 rings (SSSR count). The van der Waals surface area contributed by atoms with Gasteiger partial charge in [0.05, 0.1) is 23.1 Å². The van der Waals surface area contributed by atoms with Gasteiger partial charge in [-0.05, 0) is 36.0 Å². The number of aliphatic hydroxyl groups is 1. The van der Waals surface area contributed by atoms with Crippen LogP contribution in [0.2, 0.25) is 0 Å². The highest BCUT2D eigenvalue weighted by Crippen LogP contribution is 2.35. The van der Waals surface area contributed by atoms with Crippen molar-refractivity contribution in [3.8, 4) is 17.6 Å². The van der Waals surface area contributed by atoms with Gasteiger partial charge in [-0.25, -0.2) is 8.42 Å². The summed E-state index contributed by atoms with van der Waals surface area (Å²) in [5.74, 6) is -1.69. The number of nitriles is 1. The Kier molecular flexibility index (Phi) is 9.47. The number of nitrogens with one attached hydrogen (secondary N) is 1. The summed E-state index contributed by atoms with van der Waals surface area (Å²) in [7, 11) is -4.32. The van der Waals surface area contributed by atoms with Crippen LogP contribution in [0.25, 0.3) is 0 Å². The van der Waals surface area contributed by atoms with Crippen LogP contribution in [-0.2, 0) is 21.2 Å². The number of rotatable bonds is 12. The Morgan fingerprint density at radius 1 is 1.15 bits per heavy atom. The van der Waals surface area contributed by atoms with Crippen molar-refractivity contribution in [1.29, 1.82) is 5.26 Å². The zero-order valence-corrected chi connectivity index (χ0v) is 22.3. The third kappa shape index (κ3) is 8.08. The molecule has 13 heteroatoms. The molecule has 1 heterocycles. The van der Waals surface area contributed by atoms with Crippen molar-refractivity contribution in [2.45, 2.75) is 56.3 Å². The number of fused-ring (bicyclic) bond motifs is 1. The molecule has 1 aliphatic heterocycles. The first-order valence-electron chi connectivity index (χ1n) is 12.1. The van der Waals surface area contributed by atoms with Crippen LogP contribution in [0.3, 0.4) is 0 Å². The smallest absolute Gasteiger partial charge is 0.454 e. The van der Waals surface area contributed by atoms with Crippen LogP contribution in [0.15, 0.2) is 53.4 Å². The van der Waals surface area contributed by atoms with Crippen molar-refractivity contribution in [1.82, 2.24) is 9.62 Å². The van der Waals surface area contributed by atoms with Crippen LogP contribution in [-0.4, -0.2) is 61.9 Å². The Labute approximate surface area is 225 Å². The summed E-state index contributed by atoms with van der Waals surface area (Å²) in [6, 6.07) is 12.8. The zero-order valence-electron chi connectivity index (χ0n) is 21.4. The third-order valence-electron chi connectivity index (χ3n) is 6.23. The van der Waals surface area contributed by atoms with Gasteiger partial charge < -0.3 is 19.9 Å². The highest BCUT2D eigenvalue weighted by molar-refractivity contribution is 7.89. The average molecular weight is 570 g/mol. The maximum absolute atomic E-state index is 13.8. The van der Waals surface area contributed by atoms with Gasteiger partial charge in [-0.15, -0.1) is 0 Å². The van der Waals surface area contributed by atoms with E-state index in [2.05, 4.69) is 0 Å². The second-order valence-electron chi connectivity index (χ2n) is 9.97. The number of hydrogen-bond donors (Lipinski definition) is 2. The molecule has 2 aromatic rings. The number of sulfonamides is 1. The lowest BCUT2D eigenvalue weighted by atomic mass is 9.88. The lowest BCUT2D eigenvalue weighted by molar-refractivity contribution is -0.175. The van der Waals surface area contributed by atoms with E-state index < -0.39 is 46.2 Å². The van der Waals surface area contributed by atoms with Crippen molar-refractivity contribution in [2.24, 2.45) is 5.41 Å². The summed E-state index contributed by atoms with van der Waals surface area (Å²) < 4.78 is 78.3. The molecule has 0 aromatic heterocycles. The number of nitrogens with zero attached hydrogens (tertiary/aromatic N) is 2. The van der Waals surface area contributed by atoms with Crippen LogP contribution in [0.1, 0.15) is 32.3 Å². The van der Waals surface area contributed by atoms with E-state index in [0.29, 0.717) is 17.7 Å². The molecular formula is C26H30F3N3O6S. The first kappa shape index (κ1) is 30.2. The highest BCUT2D eigenvalue weighted by Gasteiger charge is 2.42. The SMILES string of the molecule is CC(C)(CCC#N)CN(C[C@@H](O)[C@H](Cc1ccccc1)NC(=O)C(F)(F)F)S(=O)(=O)c1ccc2c(c1)OCO2. The quantitative estimate of drug-likeness (QED) is 0.401. The number of carbonyl (C=O) groups excluding carboxylic acids is 1. The summed E-state index contributed by atoms with van der Waals surface area (Å²) in [5, 5.41) is 21.9. The fourth-order valence-electron chi connectivity index (χ4n) is 4.12. The number of carbonyl (C=O) groups is 1. The molecule has 39 heavy (non-hydrogen) atoms. The molecule has 0 radical (unpaired) electrons. The third-order valence-corrected chi connectivity index (χ3v) is 8.03. The van der Waals surface area contributed by atoms with E-state index in [1.165, 1.54) is 18.2 Å². The minimum atomic E-state index is -5.20. The second-order valence-corrected chi connectivity index (χ2v) is 11.9. The van der Waals surface area contributed by atoms with Crippen molar-refractivity contribution in [2.75, 3.05) is 19.9 Å². The summed E-state index contributed by atoms with van der Waals surface area (Å²) in [6.07, 6.45) is -6.63. The summed E-state index contributed by atoms with van der Waals surface area (Å²) in [6.45, 7) is 2.62. The van der Waals surface area contributed by atoms with Crippen molar-refractivity contribution < 1.29 is 41.0 Å². The molecule has 0 unspecified atom stereocenters. The van der Waals surface area contributed by atoms with E-state index in [4.69, 9.17) is 14.7 Å². The maximum atomic E-state index is 13.8. The van der Waals surface area contributed by atoms with Gasteiger partial charge in [0.2, 0.25) is 16.8 Å². The fraction of sp³-hybridized carbons (Fsp3) is 0.462. The molecule has 212 valence electrons. The van der Waals surface area contributed by atoms with Gasteiger partial charge in [-0.3, -0.25) is 4.79 Å². The number of amides is 1. The van der Waals surface area contributed by atoms with Gasteiger partial charge in [-0.2, -0.15) is 22.7 Å². The predicted octanol–water partition coefficient (Wildman–Crippen LogP) is 3.39. The number of ether oxygens (including phenoxy) is 2. The van der Waals surface area contributed by atoms with Crippen LogP contribution < -0.4 is 14.8 Å². The van der Waals surface area contributed by atoms with Crippen LogP contribution in [0.5, 0.6) is 11.5 Å². The van der Waals surface area contributed by atoms with Gasteiger partial charge >= 0.3 is 12.1 Å². The van der Waals surface area contributed by atoms with Gasteiger partial charge in [0.15, 0.2) is 11.5 Å². The van der Waals surface area contributed by atoms with E-state index in [0.717, 1.165) is 4.31 Å². The van der Waals surface area contributed by atoms with E-state index in [-0.39, 0.29) is 36.8 Å². The molecule has 1 aliphatic rings. The number of alkyl halides is 3. The molecule has 0 bridgehead atoms. The first-order chi connectivity index (χ1) is 18.2. The van der Waals surface area contributed by atoms with E-state index in [9.17, 15) is 31.5 Å². The monoisotopic (exact) mass is 569 g/mol. The first-order valence-corrected chi connectivity index (χ1v) is 13.5. The molecule has 0 fully saturated rings. The van der Waals surface area contributed by atoms with Gasteiger partial charge in [0.25, 0.3) is 0 Å². The second kappa shape index (κ2) is 12.2. The number of benzene rings is 2. The molecule has 2 aromatic carbocycles. The molecule has 9 nitrogen and oxygen atoms in total. The molecule has 2 atom stereocenters. The molecular weight excluding hydrogens is 539 g/mol. The predicted molar refractivity (Wildman–Crippen MR) is 134 cm³/mol. The minimum Gasteiger partial charge on any atom is -0.454 e. The van der Waals surface area contributed by atoms with E-state index in [1.807, 2.05) is 11.4 Å². The van der Waals surface area contributed by atoms with E-state index in [1.54, 1.807) is 44.2 Å². The molecule has 0 spiro atoms. The van der Waals surface area contributed by atoms with Crippen LogP contribution in [0.4, 0.5) is 13.2 Å². The summed E-state index contributed by atoms with van der Waals surface area (Å²) in [5.41, 5.74) is -0.202. The van der Waals surface area contributed by atoms with Crippen molar-refractivity contribution in [3.05, 3.63) is 54.1 Å². The number of aliphatic hydroxyl groups excluding tert-OH is 1. The Hall–Kier alpha value is -3.34. The lowest BCUT2D eigenvalue weighted by Crippen LogP contribution is -2.54. The standard InChI is InChI=1S/C26H30F3N3O6S/c1-25(2,11-6-12-30)16-32(39(35,36)19-9-10-22-23(14-19)38-17-37-22)15-21(33)20(31-24(34)26(27,28)29)13-18-7-4-3-5-8-18/h3-5,7-10,14,20-21,33H,6,11,13,15-17H2,1-2H3,(H,31,34)/t20-,21+/m0/s1. The van der Waals surface area contributed by atoms with Gasteiger partial charge in [-0.1, -0.05) is 44.2 Å². The Morgan fingerprint density at radius 2 is 1.82 bits per heavy atom. The van der Waals surface area contributed by atoms with Crippen LogP contribution in [0, 0.1) is 16.7 Å². The highest BCUT2D eigenvalue weighted by atomic mass is 32.2. The number of hydrogen-bond acceptors (Lipinski definition) is 7. The van der Waals surface area contributed by atoms with Crippen molar-refractivity contribution >= 4 is 15.9 Å². The summed E-state index contributed by atoms with van der Waals surface area (Å²) in [4.78, 5) is 11.6. The largest absolute Gasteiger partial charge is 0.471 e. The summed E-state index contributed by atoms with van der Waals surface area (Å²) >= 11 is 0. The topological polar surface area (TPSA) is 129 Å². The number of halogens is 3. The molecule has 2 N–H and O–H groups in total. The van der Waals surface area contributed by atoms with Gasteiger partial charge in [0, 0.05) is 25.6 Å². The Balaban J connectivity index is 1.95. The van der Waals surface area contributed by atoms with Gasteiger partial charge in [0.1, 0.15) is 0 Å². The van der Waals surface area contributed by atoms with Crippen molar-refractivity contribution in [3.63, 3.8) is 0 Å². The van der Waals surface area contributed by atoms with Crippen LogP contribution >= 0.6 is 0 Å². The normalized spacial score (nSPS) is 15.0. The molecule has 0 aliphatic carbocycles. The lowest BCUT2D eigenvalue weighted by Gasteiger charge is -2.35. The van der Waals surface area contributed by atoms with E-state index >= 15 is 0 Å². The Morgan fingerprint density at radius 3 is 2.46 bits per heavy atom. The Bertz CT molecular complexity index is 1300.